The first-order valence-corrected chi connectivity index (χ1v) is 2.62. The lowest BCUT2D eigenvalue weighted by molar-refractivity contribution is -0.144. The van der Waals surface area contributed by atoms with Gasteiger partial charge in [0.25, 0.3) is 0 Å². The summed E-state index contributed by atoms with van der Waals surface area (Å²) in [6, 6.07) is 0. The van der Waals surface area contributed by atoms with E-state index in [1.54, 1.807) is 0 Å². The molecule has 0 atom stereocenters. The normalized spacial score (nSPS) is 12.1. The molecular formula is C5H3F4NO. The molecule has 0 bridgehead atoms. The molecule has 6 heteroatoms. The van der Waals surface area contributed by atoms with Gasteiger partial charge in [0.1, 0.15) is 0 Å². The highest BCUT2D eigenvalue weighted by molar-refractivity contribution is 5.10. The number of aryl methyl sites for hydroxylation is 1. The molecule has 0 saturated carbocycles. The summed E-state index contributed by atoms with van der Waals surface area (Å²) in [7, 11) is 0. The van der Waals surface area contributed by atoms with Crippen LogP contribution in [0.1, 0.15) is 11.5 Å². The molecule has 1 rings (SSSR count). The smallest absolute Gasteiger partial charge is 0.358 e. The van der Waals surface area contributed by atoms with Crippen LogP contribution >= 0.6 is 0 Å². The number of alkyl halides is 3. The Morgan fingerprint density at radius 3 is 2.09 bits per heavy atom. The largest absolute Gasteiger partial charge is 0.439 e. The van der Waals surface area contributed by atoms with Gasteiger partial charge in [-0.3, -0.25) is 0 Å². The lowest BCUT2D eigenvalue weighted by atomic mass is 10.3. The molecule has 62 valence electrons. The number of hydrogen-bond donors (Lipinski definition) is 0. The number of rotatable bonds is 0. The number of nitrogens with zero attached hydrogens (tertiary/aromatic N) is 1. The molecule has 0 radical (unpaired) electrons. The molecule has 0 unspecified atom stereocenters. The Balaban J connectivity index is 3.15. The monoisotopic (exact) mass is 169 g/mol. The summed E-state index contributed by atoms with van der Waals surface area (Å²) in [6.07, 6.45) is -4.78. The van der Waals surface area contributed by atoms with E-state index in [-0.39, 0.29) is 0 Å². The fourth-order valence-electron chi connectivity index (χ4n) is 0.537. The zero-order valence-electron chi connectivity index (χ0n) is 5.37. The van der Waals surface area contributed by atoms with Gasteiger partial charge in [0, 0.05) is 0 Å². The maximum atomic E-state index is 12.4. The topological polar surface area (TPSA) is 26.0 Å². The molecule has 0 N–H and O–H groups in total. The van der Waals surface area contributed by atoms with Gasteiger partial charge in [-0.1, -0.05) is 5.16 Å². The standard InChI is InChI=1S/C5H3F4NO/c1-2-3(6)4(10-11-2)5(7,8)9/h1H3. The highest BCUT2D eigenvalue weighted by Gasteiger charge is 2.39. The van der Waals surface area contributed by atoms with Crippen molar-refractivity contribution in [3.8, 4) is 0 Å². The number of aromatic nitrogens is 1. The Morgan fingerprint density at radius 1 is 1.36 bits per heavy atom. The molecule has 1 aromatic heterocycles. The van der Waals surface area contributed by atoms with Gasteiger partial charge in [-0.2, -0.15) is 13.2 Å². The first-order chi connectivity index (χ1) is 4.93. The average molecular weight is 169 g/mol. The summed E-state index contributed by atoms with van der Waals surface area (Å²) >= 11 is 0. The summed E-state index contributed by atoms with van der Waals surface area (Å²) in [5, 5.41) is 2.51. The van der Waals surface area contributed by atoms with E-state index >= 15 is 0 Å². The van der Waals surface area contributed by atoms with E-state index in [0.29, 0.717) is 0 Å². The highest BCUT2D eigenvalue weighted by Crippen LogP contribution is 2.30. The summed E-state index contributed by atoms with van der Waals surface area (Å²) in [5.74, 6) is -1.91. The third-order valence-corrected chi connectivity index (χ3v) is 1.06. The zero-order chi connectivity index (χ0) is 8.65. The number of hydrogen-bond acceptors (Lipinski definition) is 2. The van der Waals surface area contributed by atoms with Gasteiger partial charge in [-0.25, -0.2) is 4.39 Å². The second-order valence-corrected chi connectivity index (χ2v) is 1.90. The van der Waals surface area contributed by atoms with Crippen LogP contribution in [-0.4, -0.2) is 5.16 Å². The van der Waals surface area contributed by atoms with Gasteiger partial charge >= 0.3 is 6.18 Å². The minimum absolute atomic E-state index is 0.461. The Hall–Kier alpha value is -1.07. The lowest BCUT2D eigenvalue weighted by Crippen LogP contribution is -2.07. The molecule has 0 aromatic carbocycles. The summed E-state index contributed by atoms with van der Waals surface area (Å²) in [6.45, 7) is 1.07. The molecule has 0 aliphatic rings. The van der Waals surface area contributed by atoms with E-state index in [0.717, 1.165) is 6.92 Å². The maximum absolute atomic E-state index is 12.4. The lowest BCUT2D eigenvalue weighted by Gasteiger charge is -1.98. The van der Waals surface area contributed by atoms with Crippen LogP contribution in [0, 0.1) is 12.7 Å². The number of halogens is 4. The van der Waals surface area contributed by atoms with Crippen LogP contribution in [0.5, 0.6) is 0 Å². The van der Waals surface area contributed by atoms with Crippen LogP contribution in [0.4, 0.5) is 17.6 Å². The molecule has 0 saturated heterocycles. The molecular weight excluding hydrogens is 166 g/mol. The van der Waals surface area contributed by atoms with Gasteiger partial charge in [-0.15, -0.1) is 0 Å². The summed E-state index contributed by atoms with van der Waals surface area (Å²) in [5.41, 5.74) is -1.60. The first kappa shape index (κ1) is 8.03. The third-order valence-electron chi connectivity index (χ3n) is 1.06. The molecule has 2 nitrogen and oxygen atoms in total. The summed E-state index contributed by atoms with van der Waals surface area (Å²) < 4.78 is 51.5. The predicted octanol–water partition coefficient (Wildman–Crippen LogP) is 2.14. The first-order valence-electron chi connectivity index (χ1n) is 2.62. The van der Waals surface area contributed by atoms with Crippen LogP contribution in [-0.2, 0) is 6.18 Å². The Labute approximate surface area is 58.8 Å². The SMILES string of the molecule is Cc1onc(C(F)(F)F)c1F. The molecule has 1 aromatic rings. The van der Waals surface area contributed by atoms with Crippen LogP contribution in [0.15, 0.2) is 4.52 Å². The molecule has 11 heavy (non-hydrogen) atoms. The van der Waals surface area contributed by atoms with E-state index in [9.17, 15) is 17.6 Å². The van der Waals surface area contributed by atoms with Crippen LogP contribution in [0.2, 0.25) is 0 Å². The fraction of sp³-hybridized carbons (Fsp3) is 0.400. The van der Waals surface area contributed by atoms with Crippen molar-refractivity contribution in [3.05, 3.63) is 17.3 Å². The molecule has 0 fully saturated rings. The quantitative estimate of drug-likeness (QED) is 0.556. The average Bonchev–Trinajstić information content (AvgIpc) is 2.11. The Morgan fingerprint density at radius 2 is 1.91 bits per heavy atom. The third kappa shape index (κ3) is 1.33. The molecule has 0 spiro atoms. The Bertz CT molecular complexity index is 264. The van der Waals surface area contributed by atoms with E-state index in [1.807, 2.05) is 0 Å². The van der Waals surface area contributed by atoms with Crippen molar-refractivity contribution in [2.45, 2.75) is 13.1 Å². The van der Waals surface area contributed by atoms with E-state index in [4.69, 9.17) is 0 Å². The molecule has 0 amide bonds. The predicted molar refractivity (Wildman–Crippen MR) is 26.2 cm³/mol. The summed E-state index contributed by atoms with van der Waals surface area (Å²) in [4.78, 5) is 0. The van der Waals surface area contributed by atoms with Crippen molar-refractivity contribution < 1.29 is 22.1 Å². The van der Waals surface area contributed by atoms with Crippen LogP contribution in [0.25, 0.3) is 0 Å². The van der Waals surface area contributed by atoms with Crippen LogP contribution < -0.4 is 0 Å². The Kier molecular flexibility index (Phi) is 1.62. The maximum Gasteiger partial charge on any atom is 0.439 e. The van der Waals surface area contributed by atoms with Crippen molar-refractivity contribution in [2.24, 2.45) is 0 Å². The van der Waals surface area contributed by atoms with Gasteiger partial charge in [-0.05, 0) is 6.92 Å². The van der Waals surface area contributed by atoms with Crippen molar-refractivity contribution in [3.63, 3.8) is 0 Å². The van der Waals surface area contributed by atoms with Crippen LogP contribution in [0.3, 0.4) is 0 Å². The van der Waals surface area contributed by atoms with Crippen molar-refractivity contribution in [1.29, 1.82) is 0 Å². The minimum atomic E-state index is -4.78. The molecule has 1 heterocycles. The second kappa shape index (κ2) is 2.21. The van der Waals surface area contributed by atoms with E-state index < -0.39 is 23.4 Å². The second-order valence-electron chi connectivity index (χ2n) is 1.90. The van der Waals surface area contributed by atoms with Gasteiger partial charge in [0.2, 0.25) is 5.69 Å². The zero-order valence-corrected chi connectivity index (χ0v) is 5.37. The van der Waals surface area contributed by atoms with Gasteiger partial charge in [0.05, 0.1) is 0 Å². The van der Waals surface area contributed by atoms with Crippen molar-refractivity contribution >= 4 is 0 Å². The minimum Gasteiger partial charge on any atom is -0.358 e. The van der Waals surface area contributed by atoms with E-state index in [1.165, 1.54) is 0 Å². The molecule has 0 aliphatic heterocycles. The van der Waals surface area contributed by atoms with Gasteiger partial charge < -0.3 is 4.52 Å². The van der Waals surface area contributed by atoms with Crippen molar-refractivity contribution in [1.82, 2.24) is 5.16 Å². The van der Waals surface area contributed by atoms with Crippen molar-refractivity contribution in [2.75, 3.05) is 0 Å². The highest BCUT2D eigenvalue weighted by atomic mass is 19.4. The fourth-order valence-corrected chi connectivity index (χ4v) is 0.537. The molecule has 0 aliphatic carbocycles. The van der Waals surface area contributed by atoms with Gasteiger partial charge in [0.15, 0.2) is 11.6 Å². The van der Waals surface area contributed by atoms with E-state index in [2.05, 4.69) is 9.68 Å².